The summed E-state index contributed by atoms with van der Waals surface area (Å²) in [5.41, 5.74) is 2.40. The van der Waals surface area contributed by atoms with E-state index in [1.165, 1.54) is 4.88 Å². The van der Waals surface area contributed by atoms with Crippen LogP contribution in [0.5, 0.6) is 5.75 Å². The summed E-state index contributed by atoms with van der Waals surface area (Å²) in [7, 11) is 1.65. The van der Waals surface area contributed by atoms with Gasteiger partial charge >= 0.3 is 0 Å². The van der Waals surface area contributed by atoms with Gasteiger partial charge in [-0.25, -0.2) is 0 Å². The standard InChI is InChI=1S/C22H22N2O2S/c1-16-7-12-19(27-16)15-24-21-6-4-3-5-20(21)22(25)23-14-13-17-8-10-18(26-2)11-9-17/h3-12,15H,13-14H2,1-2H3,(H,23,25). The summed E-state index contributed by atoms with van der Waals surface area (Å²) >= 11 is 1.68. The van der Waals surface area contributed by atoms with Crippen molar-refractivity contribution in [2.24, 2.45) is 4.99 Å². The Morgan fingerprint density at radius 1 is 1.11 bits per heavy atom. The largest absolute Gasteiger partial charge is 0.497 e. The molecule has 5 heteroatoms. The molecule has 0 saturated heterocycles. The van der Waals surface area contributed by atoms with E-state index < -0.39 is 0 Å². The van der Waals surface area contributed by atoms with Crippen molar-refractivity contribution in [1.82, 2.24) is 5.32 Å². The molecular formula is C22H22N2O2S. The lowest BCUT2D eigenvalue weighted by molar-refractivity contribution is 0.0955. The summed E-state index contributed by atoms with van der Waals surface area (Å²) in [5, 5.41) is 2.98. The zero-order valence-electron chi connectivity index (χ0n) is 15.4. The fourth-order valence-electron chi connectivity index (χ4n) is 2.64. The highest BCUT2D eigenvalue weighted by molar-refractivity contribution is 7.13. The molecule has 3 aromatic rings. The maximum atomic E-state index is 12.6. The topological polar surface area (TPSA) is 50.7 Å². The lowest BCUT2D eigenvalue weighted by atomic mass is 10.1. The number of carbonyl (C=O) groups excluding carboxylic acids is 1. The summed E-state index contributed by atoms with van der Waals surface area (Å²) in [6.07, 6.45) is 2.57. The molecule has 1 amide bonds. The van der Waals surface area contributed by atoms with Crippen molar-refractivity contribution in [3.8, 4) is 5.75 Å². The smallest absolute Gasteiger partial charge is 0.253 e. The number of carbonyl (C=O) groups is 1. The number of para-hydroxylation sites is 1. The van der Waals surface area contributed by atoms with Crippen molar-refractivity contribution in [2.45, 2.75) is 13.3 Å². The predicted octanol–water partition coefficient (Wildman–Crippen LogP) is 4.79. The minimum absolute atomic E-state index is 0.112. The Kier molecular flexibility index (Phi) is 6.39. The van der Waals surface area contributed by atoms with E-state index in [4.69, 9.17) is 4.74 Å². The van der Waals surface area contributed by atoms with Crippen molar-refractivity contribution in [3.05, 3.63) is 81.5 Å². The number of aliphatic imine (C=N–C) groups is 1. The Morgan fingerprint density at radius 3 is 2.59 bits per heavy atom. The third kappa shape index (κ3) is 5.28. The highest BCUT2D eigenvalue weighted by Gasteiger charge is 2.09. The zero-order valence-corrected chi connectivity index (χ0v) is 16.3. The summed E-state index contributed by atoms with van der Waals surface area (Å²) in [6.45, 7) is 2.62. The molecule has 1 aromatic heterocycles. The maximum absolute atomic E-state index is 12.6. The first-order valence-corrected chi connectivity index (χ1v) is 9.58. The number of hydrogen-bond acceptors (Lipinski definition) is 4. The second-order valence-corrected chi connectivity index (χ2v) is 7.40. The van der Waals surface area contributed by atoms with Crippen LogP contribution in [0.25, 0.3) is 0 Å². The Hall–Kier alpha value is -2.92. The fourth-order valence-corrected chi connectivity index (χ4v) is 3.39. The first-order valence-electron chi connectivity index (χ1n) is 8.76. The number of thiophene rings is 1. The van der Waals surface area contributed by atoms with Crippen LogP contribution in [0, 0.1) is 6.92 Å². The van der Waals surface area contributed by atoms with E-state index in [9.17, 15) is 4.79 Å². The minimum Gasteiger partial charge on any atom is -0.497 e. The summed E-state index contributed by atoms with van der Waals surface area (Å²) in [5.74, 6) is 0.717. The molecule has 4 nitrogen and oxygen atoms in total. The van der Waals surface area contributed by atoms with Crippen LogP contribution in [0.3, 0.4) is 0 Å². The quantitative estimate of drug-likeness (QED) is 0.601. The van der Waals surface area contributed by atoms with Crippen molar-refractivity contribution >= 4 is 29.1 Å². The highest BCUT2D eigenvalue weighted by atomic mass is 32.1. The van der Waals surface area contributed by atoms with Gasteiger partial charge in [-0.3, -0.25) is 9.79 Å². The second kappa shape index (κ2) is 9.14. The van der Waals surface area contributed by atoms with E-state index in [0.29, 0.717) is 17.8 Å². The molecule has 1 heterocycles. The van der Waals surface area contributed by atoms with E-state index in [1.807, 2.05) is 48.5 Å². The van der Waals surface area contributed by atoms with Gasteiger partial charge in [0.2, 0.25) is 0 Å². The number of nitrogens with one attached hydrogen (secondary N) is 1. The molecule has 0 radical (unpaired) electrons. The average Bonchev–Trinajstić information content (AvgIpc) is 3.12. The molecule has 1 N–H and O–H groups in total. The van der Waals surface area contributed by atoms with Gasteiger partial charge < -0.3 is 10.1 Å². The number of benzene rings is 2. The first-order chi connectivity index (χ1) is 13.2. The van der Waals surface area contributed by atoms with Crippen molar-refractivity contribution in [3.63, 3.8) is 0 Å². The van der Waals surface area contributed by atoms with E-state index in [2.05, 4.69) is 23.3 Å². The number of ether oxygens (including phenoxy) is 1. The van der Waals surface area contributed by atoms with Gasteiger partial charge in [-0.15, -0.1) is 11.3 Å². The molecular weight excluding hydrogens is 356 g/mol. The Morgan fingerprint density at radius 2 is 1.89 bits per heavy atom. The Bertz CT molecular complexity index is 929. The predicted molar refractivity (Wildman–Crippen MR) is 112 cm³/mol. The van der Waals surface area contributed by atoms with Crippen molar-refractivity contribution < 1.29 is 9.53 Å². The molecule has 27 heavy (non-hydrogen) atoms. The van der Waals surface area contributed by atoms with Gasteiger partial charge in [-0.2, -0.15) is 0 Å². The van der Waals surface area contributed by atoms with Gasteiger partial charge in [-0.1, -0.05) is 24.3 Å². The Labute approximate surface area is 163 Å². The van der Waals surface area contributed by atoms with Gasteiger partial charge in [0.25, 0.3) is 5.91 Å². The first kappa shape index (κ1) is 18.9. The molecule has 138 valence electrons. The summed E-state index contributed by atoms with van der Waals surface area (Å²) in [4.78, 5) is 19.4. The average molecular weight is 378 g/mol. The molecule has 0 bridgehead atoms. The number of hydrogen-bond donors (Lipinski definition) is 1. The monoisotopic (exact) mass is 378 g/mol. The van der Waals surface area contributed by atoms with Crippen molar-refractivity contribution in [1.29, 1.82) is 0 Å². The molecule has 0 spiro atoms. The zero-order chi connectivity index (χ0) is 19.1. The number of nitrogens with zero attached hydrogens (tertiary/aromatic N) is 1. The normalized spacial score (nSPS) is 10.9. The fraction of sp³-hybridized carbons (Fsp3) is 0.182. The van der Waals surface area contributed by atoms with Crippen molar-refractivity contribution in [2.75, 3.05) is 13.7 Å². The van der Waals surface area contributed by atoms with Crippen LogP contribution in [0.1, 0.15) is 25.7 Å². The van der Waals surface area contributed by atoms with Gasteiger partial charge in [0.1, 0.15) is 5.75 Å². The lowest BCUT2D eigenvalue weighted by Gasteiger charge is -2.08. The molecule has 3 rings (SSSR count). The third-order valence-corrected chi connectivity index (χ3v) is 5.03. The van der Waals surface area contributed by atoms with Gasteiger partial charge in [0.05, 0.1) is 18.4 Å². The van der Waals surface area contributed by atoms with Gasteiger partial charge in [0.15, 0.2) is 0 Å². The van der Waals surface area contributed by atoms with Crippen LogP contribution in [0.15, 0.2) is 65.7 Å². The summed E-state index contributed by atoms with van der Waals surface area (Å²) < 4.78 is 5.16. The molecule has 0 unspecified atom stereocenters. The molecule has 0 aliphatic heterocycles. The lowest BCUT2D eigenvalue weighted by Crippen LogP contribution is -2.25. The number of aryl methyl sites for hydroxylation is 1. The van der Waals surface area contributed by atoms with Crippen LogP contribution >= 0.6 is 11.3 Å². The SMILES string of the molecule is COc1ccc(CCNC(=O)c2ccccc2N=Cc2ccc(C)s2)cc1. The van der Waals surface area contributed by atoms with Crippen LogP contribution in [0.4, 0.5) is 5.69 Å². The molecule has 0 aliphatic carbocycles. The van der Waals surface area contributed by atoms with Crippen LogP contribution in [-0.4, -0.2) is 25.8 Å². The van der Waals surface area contributed by atoms with Crippen LogP contribution < -0.4 is 10.1 Å². The molecule has 0 saturated carbocycles. The minimum atomic E-state index is -0.112. The van der Waals surface area contributed by atoms with E-state index >= 15 is 0 Å². The summed E-state index contributed by atoms with van der Waals surface area (Å²) in [6, 6.07) is 19.3. The van der Waals surface area contributed by atoms with Gasteiger partial charge in [0, 0.05) is 22.5 Å². The Balaban J connectivity index is 1.61. The highest BCUT2D eigenvalue weighted by Crippen LogP contribution is 2.20. The number of amides is 1. The van der Waals surface area contributed by atoms with Crippen LogP contribution in [0.2, 0.25) is 0 Å². The molecule has 0 fully saturated rings. The molecule has 2 aromatic carbocycles. The second-order valence-electron chi connectivity index (χ2n) is 6.08. The number of methoxy groups -OCH3 is 1. The number of rotatable bonds is 7. The van der Waals surface area contributed by atoms with E-state index in [1.54, 1.807) is 30.7 Å². The van der Waals surface area contributed by atoms with E-state index in [-0.39, 0.29) is 5.91 Å². The van der Waals surface area contributed by atoms with E-state index in [0.717, 1.165) is 22.6 Å². The molecule has 0 aliphatic rings. The third-order valence-electron chi connectivity index (χ3n) is 4.10. The van der Waals surface area contributed by atoms with Crippen LogP contribution in [-0.2, 0) is 6.42 Å². The van der Waals surface area contributed by atoms with Gasteiger partial charge in [-0.05, 0) is 55.3 Å². The molecule has 0 atom stereocenters. The maximum Gasteiger partial charge on any atom is 0.253 e.